The zero-order chi connectivity index (χ0) is 19.5. The first-order valence-electron chi connectivity index (χ1n) is 9.06. The first kappa shape index (κ1) is 17.8. The Hall–Kier alpha value is -3.60. The quantitative estimate of drug-likeness (QED) is 0.739. The zero-order valence-electron chi connectivity index (χ0n) is 15.4. The van der Waals surface area contributed by atoms with Crippen LogP contribution in [-0.4, -0.2) is 28.8 Å². The fraction of sp³-hybridized carbons (Fsp3) is 0.130. The molecule has 3 aromatic carbocycles. The normalized spacial score (nSPS) is 16.0. The molecule has 140 valence electrons. The van der Waals surface area contributed by atoms with Crippen molar-refractivity contribution in [3.8, 4) is 11.5 Å². The molecule has 0 radical (unpaired) electrons. The number of phenolic OH excluding ortho intramolecular Hbond substituents is 1. The molecule has 0 aromatic heterocycles. The number of ether oxygens (including phenoxy) is 1. The smallest absolute Gasteiger partial charge is 0.274 e. The van der Waals surface area contributed by atoms with Crippen LogP contribution in [0.25, 0.3) is 0 Å². The Morgan fingerprint density at radius 2 is 1.68 bits per heavy atom. The third-order valence-corrected chi connectivity index (χ3v) is 4.86. The van der Waals surface area contributed by atoms with Crippen LogP contribution in [-0.2, 0) is 0 Å². The largest absolute Gasteiger partial charge is 0.508 e. The van der Waals surface area contributed by atoms with Gasteiger partial charge >= 0.3 is 0 Å². The minimum Gasteiger partial charge on any atom is -0.508 e. The number of nitrogens with zero attached hydrogens (tertiary/aromatic N) is 2. The summed E-state index contributed by atoms with van der Waals surface area (Å²) in [7, 11) is 1.62. The molecule has 1 heterocycles. The molecule has 1 N–H and O–H groups in total. The van der Waals surface area contributed by atoms with Crippen molar-refractivity contribution in [2.24, 2.45) is 5.10 Å². The van der Waals surface area contributed by atoms with E-state index in [2.05, 4.69) is 5.10 Å². The number of aromatic hydroxyl groups is 1. The van der Waals surface area contributed by atoms with Crippen molar-refractivity contribution in [1.29, 1.82) is 0 Å². The summed E-state index contributed by atoms with van der Waals surface area (Å²) in [6.07, 6.45) is 0.516. The molecule has 5 nitrogen and oxygen atoms in total. The molecule has 0 spiro atoms. The maximum Gasteiger partial charge on any atom is 0.274 e. The lowest BCUT2D eigenvalue weighted by molar-refractivity contribution is 0.0709. The lowest BCUT2D eigenvalue weighted by atomic mass is 9.97. The van der Waals surface area contributed by atoms with Crippen molar-refractivity contribution in [1.82, 2.24) is 5.01 Å². The number of para-hydroxylation sites is 1. The van der Waals surface area contributed by atoms with Gasteiger partial charge in [-0.1, -0.05) is 36.4 Å². The van der Waals surface area contributed by atoms with Gasteiger partial charge in [-0.25, -0.2) is 5.01 Å². The number of carbonyl (C=O) groups is 1. The van der Waals surface area contributed by atoms with E-state index in [4.69, 9.17) is 4.74 Å². The van der Waals surface area contributed by atoms with Gasteiger partial charge in [0.1, 0.15) is 11.5 Å². The summed E-state index contributed by atoms with van der Waals surface area (Å²) >= 11 is 0. The molecule has 1 unspecified atom stereocenters. The number of carbonyl (C=O) groups excluding carboxylic acids is 1. The first-order valence-corrected chi connectivity index (χ1v) is 9.06. The molecule has 4 rings (SSSR count). The van der Waals surface area contributed by atoms with E-state index in [1.165, 1.54) is 5.01 Å². The molecule has 1 aliphatic rings. The highest BCUT2D eigenvalue weighted by Gasteiger charge is 2.34. The molecule has 1 aliphatic heterocycles. The van der Waals surface area contributed by atoms with E-state index in [0.717, 1.165) is 17.0 Å². The summed E-state index contributed by atoms with van der Waals surface area (Å²) in [6.45, 7) is 0. The Bertz CT molecular complexity index is 1010. The van der Waals surface area contributed by atoms with Crippen LogP contribution in [0.2, 0.25) is 0 Å². The van der Waals surface area contributed by atoms with Crippen molar-refractivity contribution in [2.45, 2.75) is 12.5 Å². The zero-order valence-corrected chi connectivity index (χ0v) is 15.4. The molecule has 0 saturated carbocycles. The molecule has 0 fully saturated rings. The Kier molecular flexibility index (Phi) is 4.81. The number of hydrazone groups is 1. The van der Waals surface area contributed by atoms with Crippen LogP contribution in [0.3, 0.4) is 0 Å². The first-order chi connectivity index (χ1) is 13.7. The van der Waals surface area contributed by atoms with Crippen LogP contribution in [0, 0.1) is 0 Å². The van der Waals surface area contributed by atoms with Crippen LogP contribution >= 0.6 is 0 Å². The number of benzene rings is 3. The Morgan fingerprint density at radius 1 is 1.00 bits per heavy atom. The van der Waals surface area contributed by atoms with Crippen molar-refractivity contribution >= 4 is 11.6 Å². The van der Waals surface area contributed by atoms with E-state index in [9.17, 15) is 9.90 Å². The van der Waals surface area contributed by atoms with E-state index >= 15 is 0 Å². The standard InChI is InChI=1S/C23H20N2O3/c1-28-18-13-11-16(12-14-18)20-15-21(19-9-5-6-10-22(19)26)25(24-20)23(27)17-7-3-2-4-8-17/h2-14,21,26H,15H2,1H3. The SMILES string of the molecule is COc1ccc(C2=NN(C(=O)c3ccccc3)C(c3ccccc3O)C2)cc1. The minimum atomic E-state index is -0.369. The van der Waals surface area contributed by atoms with Crippen LogP contribution in [0.15, 0.2) is 84.0 Å². The fourth-order valence-corrected chi connectivity index (χ4v) is 3.38. The third-order valence-electron chi connectivity index (χ3n) is 4.86. The van der Waals surface area contributed by atoms with Gasteiger partial charge in [-0.05, 0) is 48.0 Å². The van der Waals surface area contributed by atoms with Gasteiger partial charge in [0.05, 0.1) is 18.9 Å². The van der Waals surface area contributed by atoms with Crippen molar-refractivity contribution in [3.63, 3.8) is 0 Å². The summed E-state index contributed by atoms with van der Waals surface area (Å²) < 4.78 is 5.22. The Balaban J connectivity index is 1.73. The van der Waals surface area contributed by atoms with Crippen LogP contribution in [0.4, 0.5) is 0 Å². The molecule has 5 heteroatoms. The van der Waals surface area contributed by atoms with E-state index in [1.807, 2.05) is 54.6 Å². The molecule has 3 aromatic rings. The van der Waals surface area contributed by atoms with Gasteiger partial charge in [0.25, 0.3) is 5.91 Å². The minimum absolute atomic E-state index is 0.157. The second kappa shape index (κ2) is 7.56. The highest BCUT2D eigenvalue weighted by molar-refractivity contribution is 6.05. The summed E-state index contributed by atoms with van der Waals surface area (Å²) in [6, 6.07) is 23.4. The number of rotatable bonds is 4. The van der Waals surface area contributed by atoms with E-state index in [0.29, 0.717) is 17.5 Å². The predicted molar refractivity (Wildman–Crippen MR) is 108 cm³/mol. The number of amides is 1. The molecule has 1 amide bonds. The lowest BCUT2D eigenvalue weighted by Crippen LogP contribution is -2.27. The van der Waals surface area contributed by atoms with Gasteiger partial charge in [0, 0.05) is 17.5 Å². The summed E-state index contributed by atoms with van der Waals surface area (Å²) in [5.74, 6) is 0.721. The lowest BCUT2D eigenvalue weighted by Gasteiger charge is -2.22. The van der Waals surface area contributed by atoms with E-state index in [1.54, 1.807) is 31.4 Å². The van der Waals surface area contributed by atoms with E-state index < -0.39 is 0 Å². The van der Waals surface area contributed by atoms with Crippen molar-refractivity contribution in [2.75, 3.05) is 7.11 Å². The summed E-state index contributed by atoms with van der Waals surface area (Å²) in [5.41, 5.74) is 2.95. The highest BCUT2D eigenvalue weighted by atomic mass is 16.5. The summed E-state index contributed by atoms with van der Waals surface area (Å²) in [5, 5.41) is 16.5. The average molecular weight is 372 g/mol. The molecule has 0 saturated heterocycles. The van der Waals surface area contributed by atoms with Crippen molar-refractivity contribution in [3.05, 3.63) is 95.6 Å². The van der Waals surface area contributed by atoms with Crippen molar-refractivity contribution < 1.29 is 14.6 Å². The number of methoxy groups -OCH3 is 1. The van der Waals surface area contributed by atoms with Gasteiger partial charge in [-0.15, -0.1) is 0 Å². The molecular formula is C23H20N2O3. The van der Waals surface area contributed by atoms with E-state index in [-0.39, 0.29) is 17.7 Å². The topological polar surface area (TPSA) is 62.1 Å². The number of hydrogen-bond donors (Lipinski definition) is 1. The fourth-order valence-electron chi connectivity index (χ4n) is 3.38. The van der Waals surface area contributed by atoms with Gasteiger partial charge in [0.15, 0.2) is 0 Å². The number of phenols is 1. The van der Waals surface area contributed by atoms with Crippen LogP contribution in [0.5, 0.6) is 11.5 Å². The summed E-state index contributed by atoms with van der Waals surface area (Å²) in [4.78, 5) is 13.1. The predicted octanol–water partition coefficient (Wildman–Crippen LogP) is 4.39. The Morgan fingerprint density at radius 3 is 2.36 bits per heavy atom. The monoisotopic (exact) mass is 372 g/mol. The molecule has 0 aliphatic carbocycles. The van der Waals surface area contributed by atoms with Gasteiger partial charge in [0.2, 0.25) is 0 Å². The van der Waals surface area contributed by atoms with Crippen LogP contribution < -0.4 is 4.74 Å². The second-order valence-electron chi connectivity index (χ2n) is 6.57. The van der Waals surface area contributed by atoms with Gasteiger partial charge in [-0.3, -0.25) is 4.79 Å². The van der Waals surface area contributed by atoms with Gasteiger partial charge in [-0.2, -0.15) is 5.10 Å². The Labute approximate surface area is 163 Å². The third kappa shape index (κ3) is 3.34. The molecule has 0 bridgehead atoms. The van der Waals surface area contributed by atoms with Crippen LogP contribution in [0.1, 0.15) is 33.9 Å². The average Bonchev–Trinajstić information content (AvgIpc) is 3.19. The maximum absolute atomic E-state index is 13.1. The molecule has 1 atom stereocenters. The highest BCUT2D eigenvalue weighted by Crippen LogP contribution is 2.37. The second-order valence-corrected chi connectivity index (χ2v) is 6.57. The maximum atomic E-state index is 13.1. The van der Waals surface area contributed by atoms with Gasteiger partial charge < -0.3 is 9.84 Å². The molecule has 28 heavy (non-hydrogen) atoms. The number of hydrogen-bond acceptors (Lipinski definition) is 4. The molecular weight excluding hydrogens is 352 g/mol.